The summed E-state index contributed by atoms with van der Waals surface area (Å²) in [6.45, 7) is 7.44. The minimum absolute atomic E-state index is 0.168. The van der Waals surface area contributed by atoms with Crippen LogP contribution in [-0.4, -0.2) is 31.7 Å². The molecule has 7 nitrogen and oxygen atoms in total. The number of hydrogen-bond donors (Lipinski definition) is 0. The number of hydrogen-bond acceptors (Lipinski definition) is 7. The molecule has 0 aromatic carbocycles. The summed E-state index contributed by atoms with van der Waals surface area (Å²) in [6.07, 6.45) is 5.78. The van der Waals surface area contributed by atoms with Crippen LogP contribution in [0.5, 0.6) is 0 Å². The third-order valence-electron chi connectivity index (χ3n) is 4.23. The van der Waals surface area contributed by atoms with Crippen molar-refractivity contribution >= 4 is 5.97 Å². The minimum Gasteiger partial charge on any atom is -0.459 e. The third-order valence-corrected chi connectivity index (χ3v) is 4.23. The zero-order valence-corrected chi connectivity index (χ0v) is 15.2. The Hall–Kier alpha value is -2.31. The van der Waals surface area contributed by atoms with Crippen molar-refractivity contribution < 1.29 is 14.1 Å². The molecule has 1 aliphatic rings. The van der Waals surface area contributed by atoms with Crippen LogP contribution in [-0.2, 0) is 9.53 Å². The SMILES string of the molecule is Cc1ccnc(-c2noc([C@H](C(=O)OC(C)(C)C)C3CCCC3)n2)n1. The number of esters is 1. The van der Waals surface area contributed by atoms with Crippen LogP contribution >= 0.6 is 0 Å². The number of carbonyl (C=O) groups excluding carboxylic acids is 1. The molecular weight excluding hydrogens is 320 g/mol. The Morgan fingerprint density at radius 2 is 1.96 bits per heavy atom. The van der Waals surface area contributed by atoms with Crippen LogP contribution in [0.4, 0.5) is 0 Å². The molecule has 0 bridgehead atoms. The summed E-state index contributed by atoms with van der Waals surface area (Å²) < 4.78 is 11.0. The molecule has 1 fully saturated rings. The topological polar surface area (TPSA) is 91.0 Å². The van der Waals surface area contributed by atoms with Crippen LogP contribution < -0.4 is 0 Å². The van der Waals surface area contributed by atoms with Gasteiger partial charge < -0.3 is 9.26 Å². The van der Waals surface area contributed by atoms with Gasteiger partial charge in [0.25, 0.3) is 0 Å². The largest absolute Gasteiger partial charge is 0.459 e. The summed E-state index contributed by atoms with van der Waals surface area (Å²) in [6, 6.07) is 1.80. The molecule has 0 N–H and O–H groups in total. The molecule has 2 aromatic rings. The Balaban J connectivity index is 1.90. The predicted octanol–water partition coefficient (Wildman–Crippen LogP) is 3.45. The number of aryl methyl sites for hydroxylation is 1. The maximum absolute atomic E-state index is 12.8. The predicted molar refractivity (Wildman–Crippen MR) is 90.6 cm³/mol. The van der Waals surface area contributed by atoms with E-state index in [0.29, 0.717) is 17.5 Å². The van der Waals surface area contributed by atoms with E-state index < -0.39 is 11.5 Å². The molecule has 1 atom stereocenters. The van der Waals surface area contributed by atoms with E-state index in [1.165, 1.54) is 0 Å². The van der Waals surface area contributed by atoms with E-state index in [1.807, 2.05) is 27.7 Å². The van der Waals surface area contributed by atoms with Gasteiger partial charge in [-0.25, -0.2) is 9.97 Å². The van der Waals surface area contributed by atoms with Gasteiger partial charge in [-0.2, -0.15) is 4.98 Å². The summed E-state index contributed by atoms with van der Waals surface area (Å²) in [5.74, 6) is 0.310. The molecule has 0 aliphatic heterocycles. The zero-order chi connectivity index (χ0) is 18.0. The number of aromatic nitrogens is 4. The Labute approximate surface area is 147 Å². The highest BCUT2D eigenvalue weighted by molar-refractivity contribution is 5.77. The number of ether oxygens (including phenoxy) is 1. The van der Waals surface area contributed by atoms with Crippen LogP contribution in [0.1, 0.15) is 64.0 Å². The summed E-state index contributed by atoms with van der Waals surface area (Å²) in [5.41, 5.74) is 0.257. The Morgan fingerprint density at radius 3 is 2.60 bits per heavy atom. The van der Waals surface area contributed by atoms with E-state index in [-0.39, 0.29) is 11.9 Å². The van der Waals surface area contributed by atoms with Gasteiger partial charge in [0.1, 0.15) is 11.5 Å². The molecule has 3 rings (SSSR count). The maximum Gasteiger partial charge on any atom is 0.319 e. The molecule has 0 amide bonds. The molecule has 2 heterocycles. The van der Waals surface area contributed by atoms with Gasteiger partial charge in [0.15, 0.2) is 0 Å². The molecule has 134 valence electrons. The highest BCUT2D eigenvalue weighted by Gasteiger charge is 2.39. The van der Waals surface area contributed by atoms with E-state index in [9.17, 15) is 4.79 Å². The van der Waals surface area contributed by atoms with Crippen LogP contribution in [0.2, 0.25) is 0 Å². The molecule has 2 aromatic heterocycles. The average Bonchev–Trinajstić information content (AvgIpc) is 3.18. The van der Waals surface area contributed by atoms with Gasteiger partial charge in [-0.15, -0.1) is 0 Å². The van der Waals surface area contributed by atoms with Gasteiger partial charge in [0, 0.05) is 11.9 Å². The van der Waals surface area contributed by atoms with E-state index in [2.05, 4.69) is 20.1 Å². The summed E-state index contributed by atoms with van der Waals surface area (Å²) in [7, 11) is 0. The molecule has 1 aliphatic carbocycles. The number of rotatable bonds is 4. The highest BCUT2D eigenvalue weighted by Crippen LogP contribution is 2.38. The van der Waals surface area contributed by atoms with Crippen molar-refractivity contribution in [2.45, 2.75) is 64.9 Å². The first-order valence-electron chi connectivity index (χ1n) is 8.70. The van der Waals surface area contributed by atoms with Crippen LogP contribution in [0, 0.1) is 12.8 Å². The van der Waals surface area contributed by atoms with Crippen molar-refractivity contribution in [1.82, 2.24) is 20.1 Å². The van der Waals surface area contributed by atoms with Gasteiger partial charge >= 0.3 is 5.97 Å². The van der Waals surface area contributed by atoms with E-state index in [4.69, 9.17) is 9.26 Å². The molecule has 0 spiro atoms. The summed E-state index contributed by atoms with van der Waals surface area (Å²) >= 11 is 0. The first-order valence-corrected chi connectivity index (χ1v) is 8.70. The lowest BCUT2D eigenvalue weighted by Gasteiger charge is -2.25. The average molecular weight is 344 g/mol. The number of carbonyl (C=O) groups is 1. The zero-order valence-electron chi connectivity index (χ0n) is 15.2. The first-order chi connectivity index (χ1) is 11.8. The van der Waals surface area contributed by atoms with E-state index >= 15 is 0 Å². The second-order valence-corrected chi connectivity index (χ2v) is 7.53. The lowest BCUT2D eigenvalue weighted by atomic mass is 9.90. The smallest absolute Gasteiger partial charge is 0.319 e. The lowest BCUT2D eigenvalue weighted by Crippen LogP contribution is -2.30. The van der Waals surface area contributed by atoms with Crippen molar-refractivity contribution in [1.29, 1.82) is 0 Å². The van der Waals surface area contributed by atoms with Crippen LogP contribution in [0.25, 0.3) is 11.6 Å². The Morgan fingerprint density at radius 1 is 1.24 bits per heavy atom. The Kier molecular flexibility index (Phi) is 4.83. The molecule has 0 radical (unpaired) electrons. The first kappa shape index (κ1) is 17.5. The quantitative estimate of drug-likeness (QED) is 0.784. The van der Waals surface area contributed by atoms with Crippen molar-refractivity contribution in [2.24, 2.45) is 5.92 Å². The van der Waals surface area contributed by atoms with Crippen LogP contribution in [0.15, 0.2) is 16.8 Å². The second kappa shape index (κ2) is 6.90. The van der Waals surface area contributed by atoms with Crippen molar-refractivity contribution in [3.63, 3.8) is 0 Å². The second-order valence-electron chi connectivity index (χ2n) is 7.53. The van der Waals surface area contributed by atoms with Gasteiger partial charge in [-0.3, -0.25) is 4.79 Å². The molecule has 7 heteroatoms. The minimum atomic E-state index is -0.559. The van der Waals surface area contributed by atoms with E-state index in [0.717, 1.165) is 31.4 Å². The maximum atomic E-state index is 12.8. The normalized spacial score (nSPS) is 16.8. The van der Waals surface area contributed by atoms with Gasteiger partial charge in [-0.05, 0) is 52.5 Å². The van der Waals surface area contributed by atoms with E-state index in [1.54, 1.807) is 12.3 Å². The molecule has 25 heavy (non-hydrogen) atoms. The molecule has 1 saturated carbocycles. The fourth-order valence-corrected chi connectivity index (χ4v) is 3.16. The molecule has 0 saturated heterocycles. The van der Waals surface area contributed by atoms with Gasteiger partial charge in [0.05, 0.1) is 0 Å². The third kappa shape index (κ3) is 4.21. The van der Waals surface area contributed by atoms with Crippen molar-refractivity contribution in [3.8, 4) is 11.6 Å². The lowest BCUT2D eigenvalue weighted by molar-refractivity contribution is -0.159. The monoisotopic (exact) mass is 344 g/mol. The molecular formula is C18H24N4O3. The van der Waals surface area contributed by atoms with Gasteiger partial charge in [-0.1, -0.05) is 18.0 Å². The summed E-state index contributed by atoms with van der Waals surface area (Å²) in [5, 5.41) is 3.98. The number of nitrogens with zero attached hydrogens (tertiary/aromatic N) is 4. The fraction of sp³-hybridized carbons (Fsp3) is 0.611. The van der Waals surface area contributed by atoms with Crippen molar-refractivity contribution in [2.75, 3.05) is 0 Å². The standard InChI is InChI=1S/C18H24N4O3/c1-11-9-10-19-14(20-11)15-21-16(25-22-15)13(12-7-5-6-8-12)17(23)24-18(2,3)4/h9-10,12-13H,5-8H2,1-4H3/t13-/m1/s1. The molecule has 0 unspecified atom stereocenters. The van der Waals surface area contributed by atoms with Gasteiger partial charge in [0.2, 0.25) is 17.5 Å². The fourth-order valence-electron chi connectivity index (χ4n) is 3.16. The van der Waals surface area contributed by atoms with Crippen molar-refractivity contribution in [3.05, 3.63) is 23.8 Å². The summed E-state index contributed by atoms with van der Waals surface area (Å²) in [4.78, 5) is 25.7. The highest BCUT2D eigenvalue weighted by atomic mass is 16.6. The van der Waals surface area contributed by atoms with Crippen LogP contribution in [0.3, 0.4) is 0 Å². The Bertz CT molecular complexity index is 745.